The lowest BCUT2D eigenvalue weighted by Gasteiger charge is -2.19. The third-order valence-corrected chi connectivity index (χ3v) is 3.64. The number of nitrogens with zero attached hydrogens (tertiary/aromatic N) is 4. The molecule has 6 heteroatoms. The van der Waals surface area contributed by atoms with Crippen LogP contribution in [0, 0.1) is 13.8 Å². The largest absolute Gasteiger partial charge is 0.383 e. The van der Waals surface area contributed by atoms with E-state index in [0.717, 1.165) is 28.5 Å². The van der Waals surface area contributed by atoms with E-state index in [1.54, 1.807) is 0 Å². The minimum atomic E-state index is -0.136. The van der Waals surface area contributed by atoms with Crippen LogP contribution in [0.5, 0.6) is 0 Å². The molecule has 0 bridgehead atoms. The molecule has 0 atom stereocenters. The SMILES string of the molecule is Cc1c(N)nc(C(C)(C)C)nc1NCc1cnn(C)c1C. The number of aromatic nitrogens is 4. The Morgan fingerprint density at radius 2 is 1.90 bits per heavy atom. The van der Waals surface area contributed by atoms with Gasteiger partial charge in [-0.1, -0.05) is 20.8 Å². The third kappa shape index (κ3) is 3.15. The first-order chi connectivity index (χ1) is 9.70. The van der Waals surface area contributed by atoms with Gasteiger partial charge in [0.15, 0.2) is 0 Å². The second-order valence-electron chi connectivity index (χ2n) is 6.39. The zero-order chi connectivity index (χ0) is 15.8. The molecule has 2 aromatic heterocycles. The molecule has 0 unspecified atom stereocenters. The van der Waals surface area contributed by atoms with Crippen LogP contribution < -0.4 is 11.1 Å². The highest BCUT2D eigenvalue weighted by Crippen LogP contribution is 2.25. The van der Waals surface area contributed by atoms with Gasteiger partial charge >= 0.3 is 0 Å². The highest BCUT2D eigenvalue weighted by Gasteiger charge is 2.20. The first-order valence-corrected chi connectivity index (χ1v) is 7.06. The Hall–Kier alpha value is -2.11. The van der Waals surface area contributed by atoms with Gasteiger partial charge in [-0.25, -0.2) is 9.97 Å². The van der Waals surface area contributed by atoms with Crippen LogP contribution in [0.25, 0.3) is 0 Å². The monoisotopic (exact) mass is 288 g/mol. The highest BCUT2D eigenvalue weighted by atomic mass is 15.3. The molecule has 0 radical (unpaired) electrons. The van der Waals surface area contributed by atoms with Gasteiger partial charge in [-0.2, -0.15) is 5.10 Å². The number of nitrogens with two attached hydrogens (primary N) is 1. The number of rotatable bonds is 3. The second kappa shape index (κ2) is 5.35. The fraction of sp³-hybridized carbons (Fsp3) is 0.533. The van der Waals surface area contributed by atoms with E-state index in [-0.39, 0.29) is 5.41 Å². The lowest BCUT2D eigenvalue weighted by Crippen LogP contribution is -2.19. The van der Waals surface area contributed by atoms with E-state index in [1.165, 1.54) is 0 Å². The Labute approximate surface area is 125 Å². The molecule has 0 fully saturated rings. The Bertz CT molecular complexity index is 651. The molecule has 0 amide bonds. The summed E-state index contributed by atoms with van der Waals surface area (Å²) in [4.78, 5) is 9.02. The van der Waals surface area contributed by atoms with Crippen molar-refractivity contribution in [1.29, 1.82) is 0 Å². The average molecular weight is 288 g/mol. The molecule has 0 spiro atoms. The standard InChI is InChI=1S/C15H24N6/c1-9-12(16)19-14(15(3,4)5)20-13(9)17-7-11-8-18-21(6)10(11)2/h8H,7H2,1-6H3,(H3,16,17,19,20). The van der Waals surface area contributed by atoms with Crippen LogP contribution in [-0.4, -0.2) is 19.7 Å². The molecule has 2 heterocycles. The van der Waals surface area contributed by atoms with Gasteiger partial charge in [-0.15, -0.1) is 0 Å². The lowest BCUT2D eigenvalue weighted by molar-refractivity contribution is 0.546. The summed E-state index contributed by atoms with van der Waals surface area (Å²) in [5, 5.41) is 7.60. The molecular formula is C15H24N6. The van der Waals surface area contributed by atoms with Crippen molar-refractivity contribution in [3.05, 3.63) is 28.8 Å². The zero-order valence-electron chi connectivity index (χ0n) is 13.7. The number of aryl methyl sites for hydroxylation is 1. The average Bonchev–Trinajstić information content (AvgIpc) is 2.70. The topological polar surface area (TPSA) is 81.7 Å². The summed E-state index contributed by atoms with van der Waals surface area (Å²) in [6.07, 6.45) is 1.87. The van der Waals surface area contributed by atoms with E-state index in [0.29, 0.717) is 12.4 Å². The maximum atomic E-state index is 6.01. The summed E-state index contributed by atoms with van der Waals surface area (Å²) in [6.45, 7) is 10.9. The van der Waals surface area contributed by atoms with Crippen LogP contribution in [0.4, 0.5) is 11.6 Å². The normalized spacial score (nSPS) is 11.7. The quantitative estimate of drug-likeness (QED) is 0.905. The van der Waals surface area contributed by atoms with Gasteiger partial charge in [-0.05, 0) is 13.8 Å². The number of nitrogens with one attached hydrogen (secondary N) is 1. The van der Waals surface area contributed by atoms with Crippen LogP contribution in [0.3, 0.4) is 0 Å². The molecule has 2 aromatic rings. The number of hydrogen-bond acceptors (Lipinski definition) is 5. The molecule has 0 aromatic carbocycles. The molecule has 0 saturated carbocycles. The van der Waals surface area contributed by atoms with E-state index in [4.69, 9.17) is 5.73 Å². The van der Waals surface area contributed by atoms with Gasteiger partial charge in [0.05, 0.1) is 6.20 Å². The number of anilines is 2. The first-order valence-electron chi connectivity index (χ1n) is 7.06. The summed E-state index contributed by atoms with van der Waals surface area (Å²) in [7, 11) is 1.93. The summed E-state index contributed by atoms with van der Waals surface area (Å²) in [6, 6.07) is 0. The Morgan fingerprint density at radius 3 is 2.43 bits per heavy atom. The van der Waals surface area contributed by atoms with Crippen molar-refractivity contribution in [3.8, 4) is 0 Å². The fourth-order valence-electron chi connectivity index (χ4n) is 1.94. The summed E-state index contributed by atoms with van der Waals surface area (Å²) < 4.78 is 1.86. The summed E-state index contributed by atoms with van der Waals surface area (Å²) >= 11 is 0. The highest BCUT2D eigenvalue weighted by molar-refractivity contribution is 5.55. The maximum absolute atomic E-state index is 6.01. The first kappa shape index (κ1) is 15.3. The molecule has 0 saturated heterocycles. The number of nitrogen functional groups attached to an aromatic ring is 1. The van der Waals surface area contributed by atoms with Crippen molar-refractivity contribution >= 4 is 11.6 Å². The van der Waals surface area contributed by atoms with Gasteiger partial charge in [0.25, 0.3) is 0 Å². The lowest BCUT2D eigenvalue weighted by atomic mass is 9.95. The van der Waals surface area contributed by atoms with E-state index in [2.05, 4.69) is 41.2 Å². The molecule has 0 aliphatic heterocycles. The van der Waals surface area contributed by atoms with Crippen molar-refractivity contribution in [2.24, 2.45) is 7.05 Å². The molecule has 3 N–H and O–H groups in total. The van der Waals surface area contributed by atoms with Crippen LogP contribution >= 0.6 is 0 Å². The van der Waals surface area contributed by atoms with Crippen molar-refractivity contribution in [2.75, 3.05) is 11.1 Å². The molecular weight excluding hydrogens is 264 g/mol. The fourth-order valence-corrected chi connectivity index (χ4v) is 1.94. The summed E-state index contributed by atoms with van der Waals surface area (Å²) in [5.41, 5.74) is 9.04. The smallest absolute Gasteiger partial charge is 0.138 e. The van der Waals surface area contributed by atoms with Gasteiger partial charge < -0.3 is 11.1 Å². The van der Waals surface area contributed by atoms with E-state index in [1.807, 2.05) is 31.8 Å². The zero-order valence-corrected chi connectivity index (χ0v) is 13.7. The Morgan fingerprint density at radius 1 is 1.24 bits per heavy atom. The minimum Gasteiger partial charge on any atom is -0.383 e. The summed E-state index contributed by atoms with van der Waals surface area (Å²) in [5.74, 6) is 2.06. The van der Waals surface area contributed by atoms with Crippen LogP contribution in [0.2, 0.25) is 0 Å². The molecule has 2 rings (SSSR count). The minimum absolute atomic E-state index is 0.136. The predicted molar refractivity (Wildman–Crippen MR) is 85.2 cm³/mol. The van der Waals surface area contributed by atoms with Crippen LogP contribution in [-0.2, 0) is 19.0 Å². The molecule has 114 valence electrons. The molecule has 6 nitrogen and oxygen atoms in total. The molecule has 21 heavy (non-hydrogen) atoms. The second-order valence-corrected chi connectivity index (χ2v) is 6.39. The number of hydrogen-bond donors (Lipinski definition) is 2. The van der Waals surface area contributed by atoms with Crippen molar-refractivity contribution in [1.82, 2.24) is 19.7 Å². The van der Waals surface area contributed by atoms with Crippen molar-refractivity contribution in [2.45, 2.75) is 46.6 Å². The van der Waals surface area contributed by atoms with Crippen LogP contribution in [0.1, 0.15) is 43.4 Å². The van der Waals surface area contributed by atoms with E-state index >= 15 is 0 Å². The predicted octanol–water partition coefficient (Wildman–Crippen LogP) is 2.32. The van der Waals surface area contributed by atoms with Crippen molar-refractivity contribution in [3.63, 3.8) is 0 Å². The Kier molecular flexibility index (Phi) is 3.89. The molecule has 0 aliphatic rings. The van der Waals surface area contributed by atoms with Gasteiger partial charge in [0.2, 0.25) is 0 Å². The van der Waals surface area contributed by atoms with Gasteiger partial charge in [0, 0.05) is 35.8 Å². The van der Waals surface area contributed by atoms with Gasteiger partial charge in [0.1, 0.15) is 17.5 Å². The van der Waals surface area contributed by atoms with Crippen LogP contribution in [0.15, 0.2) is 6.20 Å². The van der Waals surface area contributed by atoms with Gasteiger partial charge in [-0.3, -0.25) is 4.68 Å². The molecule has 0 aliphatic carbocycles. The van der Waals surface area contributed by atoms with E-state index in [9.17, 15) is 0 Å². The maximum Gasteiger partial charge on any atom is 0.138 e. The Balaban J connectivity index is 2.27. The van der Waals surface area contributed by atoms with Crippen molar-refractivity contribution < 1.29 is 0 Å². The van der Waals surface area contributed by atoms with E-state index < -0.39 is 0 Å². The third-order valence-electron chi connectivity index (χ3n) is 3.64.